The van der Waals surface area contributed by atoms with Crippen LogP contribution in [-0.2, 0) is 0 Å². The maximum atomic E-state index is 14.4. The van der Waals surface area contributed by atoms with E-state index < -0.39 is 11.6 Å². The average Bonchev–Trinajstić information content (AvgIpc) is 3.27. The summed E-state index contributed by atoms with van der Waals surface area (Å²) in [6.07, 6.45) is 0. The fourth-order valence-corrected chi connectivity index (χ4v) is 4.82. The summed E-state index contributed by atoms with van der Waals surface area (Å²) < 4.78 is 45.9. The molecule has 1 amide bonds. The first kappa shape index (κ1) is 30.5. The van der Waals surface area contributed by atoms with Gasteiger partial charge in [-0.25, -0.2) is 13.8 Å². The van der Waals surface area contributed by atoms with Crippen LogP contribution in [0.15, 0.2) is 24.3 Å². The van der Waals surface area contributed by atoms with Crippen LogP contribution in [0.3, 0.4) is 0 Å². The molecule has 7 nitrogen and oxygen atoms in total. The Morgan fingerprint density at radius 3 is 2.03 bits per heavy atom. The lowest BCUT2D eigenvalue weighted by molar-refractivity contribution is 0.0982. The minimum absolute atomic E-state index is 0. The van der Waals surface area contributed by atoms with Crippen LogP contribution in [-0.4, -0.2) is 61.8 Å². The summed E-state index contributed by atoms with van der Waals surface area (Å²) in [7, 11) is 0. The van der Waals surface area contributed by atoms with Crippen molar-refractivity contribution in [3.8, 4) is 17.2 Å². The van der Waals surface area contributed by atoms with Gasteiger partial charge >= 0.3 is 0 Å². The Bertz CT molecular complexity index is 1160. The van der Waals surface area contributed by atoms with E-state index in [1.807, 2.05) is 34.6 Å². The number of hydrogen-bond donors (Lipinski definition) is 0. The number of halogens is 3. The van der Waals surface area contributed by atoms with Crippen LogP contribution in [0.4, 0.5) is 13.9 Å². The highest BCUT2D eigenvalue weighted by Crippen LogP contribution is 2.40. The molecule has 0 fully saturated rings. The number of ether oxygens (including phenoxy) is 3. The Kier molecular flexibility index (Phi) is 11.8. The minimum Gasteiger partial charge on any atom is -0.490 e. The largest absolute Gasteiger partial charge is 0.490 e. The Balaban J connectivity index is 0.00000481. The van der Waals surface area contributed by atoms with E-state index in [4.69, 9.17) is 14.2 Å². The summed E-state index contributed by atoms with van der Waals surface area (Å²) in [4.78, 5) is 21.9. The van der Waals surface area contributed by atoms with Crippen molar-refractivity contribution >= 4 is 45.0 Å². The molecule has 1 heterocycles. The molecular formula is C26H34ClF2N3O4S. The molecule has 3 aromatic rings. The van der Waals surface area contributed by atoms with Crippen molar-refractivity contribution in [2.45, 2.75) is 34.6 Å². The van der Waals surface area contributed by atoms with Crippen molar-refractivity contribution in [2.75, 3.05) is 50.9 Å². The van der Waals surface area contributed by atoms with Crippen molar-refractivity contribution < 1.29 is 27.8 Å². The maximum absolute atomic E-state index is 14.4. The molecule has 3 rings (SSSR count). The van der Waals surface area contributed by atoms with Gasteiger partial charge in [0.05, 0.1) is 24.5 Å². The third-order valence-corrected chi connectivity index (χ3v) is 6.59. The van der Waals surface area contributed by atoms with Crippen LogP contribution in [0.2, 0.25) is 0 Å². The standard InChI is InChI=1S/C26H33F2N3O4S.ClH/c1-6-30(7-2)11-12-31(26-29-23-19(28)15-18(27)16-22(23)36-26)25(32)17-13-20(33-8-3)24(35-10-5)21(14-17)34-9-4;/h13-16H,6-12H2,1-5H3;1H. The van der Waals surface area contributed by atoms with Crippen LogP contribution in [0.5, 0.6) is 17.2 Å². The second-order valence-corrected chi connectivity index (χ2v) is 8.82. The lowest BCUT2D eigenvalue weighted by Crippen LogP contribution is -2.39. The molecule has 0 aliphatic carbocycles. The number of carbonyl (C=O) groups is 1. The molecule has 0 N–H and O–H groups in total. The molecule has 0 aliphatic rings. The van der Waals surface area contributed by atoms with E-state index >= 15 is 0 Å². The molecule has 204 valence electrons. The Hall–Kier alpha value is -2.69. The molecule has 0 saturated heterocycles. The van der Waals surface area contributed by atoms with Gasteiger partial charge in [0.15, 0.2) is 22.4 Å². The number of likely N-dealkylation sites (N-methyl/N-ethyl adjacent to an activating group) is 1. The van der Waals surface area contributed by atoms with Crippen molar-refractivity contribution in [1.82, 2.24) is 9.88 Å². The predicted molar refractivity (Wildman–Crippen MR) is 146 cm³/mol. The van der Waals surface area contributed by atoms with Crippen molar-refractivity contribution in [1.29, 1.82) is 0 Å². The molecule has 1 aromatic heterocycles. The summed E-state index contributed by atoms with van der Waals surface area (Å²) in [5.41, 5.74) is 0.351. The molecular weight excluding hydrogens is 524 g/mol. The first-order valence-electron chi connectivity index (χ1n) is 12.2. The topological polar surface area (TPSA) is 64.1 Å². The van der Waals surface area contributed by atoms with Gasteiger partial charge in [-0.1, -0.05) is 25.2 Å². The minimum atomic E-state index is -0.762. The summed E-state index contributed by atoms with van der Waals surface area (Å²) in [6.45, 7) is 13.3. The molecule has 0 bridgehead atoms. The average molecular weight is 558 g/mol. The van der Waals surface area contributed by atoms with Crippen LogP contribution < -0.4 is 19.1 Å². The van der Waals surface area contributed by atoms with Crippen LogP contribution in [0.1, 0.15) is 45.0 Å². The van der Waals surface area contributed by atoms with Gasteiger partial charge in [0.25, 0.3) is 5.91 Å². The number of nitrogens with zero attached hydrogens (tertiary/aromatic N) is 3. The molecule has 11 heteroatoms. The number of rotatable bonds is 13. The third-order valence-electron chi connectivity index (χ3n) is 5.57. The monoisotopic (exact) mass is 557 g/mol. The summed E-state index contributed by atoms with van der Waals surface area (Å²) >= 11 is 1.07. The van der Waals surface area contributed by atoms with E-state index in [9.17, 15) is 13.6 Å². The third kappa shape index (κ3) is 7.21. The van der Waals surface area contributed by atoms with E-state index in [1.54, 1.807) is 12.1 Å². The van der Waals surface area contributed by atoms with E-state index in [1.165, 1.54) is 11.0 Å². The number of aromatic nitrogens is 1. The van der Waals surface area contributed by atoms with E-state index in [0.717, 1.165) is 30.5 Å². The van der Waals surface area contributed by atoms with Gasteiger partial charge in [-0.15, -0.1) is 12.4 Å². The summed E-state index contributed by atoms with van der Waals surface area (Å²) in [6, 6.07) is 5.27. The van der Waals surface area contributed by atoms with Gasteiger partial charge in [-0.3, -0.25) is 9.69 Å². The maximum Gasteiger partial charge on any atom is 0.260 e. The van der Waals surface area contributed by atoms with Gasteiger partial charge in [-0.05, 0) is 52.1 Å². The number of thiazole rings is 1. The molecule has 0 saturated carbocycles. The van der Waals surface area contributed by atoms with Gasteiger partial charge in [0.2, 0.25) is 5.75 Å². The SMILES string of the molecule is CCOc1cc(C(=O)N(CCN(CC)CC)c2nc3c(F)cc(F)cc3s2)cc(OCC)c1OCC.Cl. The van der Waals surface area contributed by atoms with Crippen LogP contribution in [0.25, 0.3) is 10.2 Å². The van der Waals surface area contributed by atoms with Crippen molar-refractivity contribution in [2.24, 2.45) is 0 Å². The molecule has 0 aliphatic heterocycles. The quantitative estimate of drug-likeness (QED) is 0.250. The number of benzene rings is 2. The number of anilines is 1. The normalized spacial score (nSPS) is 10.9. The summed E-state index contributed by atoms with van der Waals surface area (Å²) in [5, 5.41) is 0.288. The second-order valence-electron chi connectivity index (χ2n) is 7.82. The fourth-order valence-electron chi connectivity index (χ4n) is 3.79. The van der Waals surface area contributed by atoms with Gasteiger partial charge in [0, 0.05) is 24.7 Å². The zero-order valence-electron chi connectivity index (χ0n) is 21.8. The first-order chi connectivity index (χ1) is 17.4. The number of hydrogen-bond acceptors (Lipinski definition) is 7. The van der Waals surface area contributed by atoms with Gasteiger partial charge < -0.3 is 19.1 Å². The second kappa shape index (κ2) is 14.3. The molecule has 2 aromatic carbocycles. The first-order valence-corrected chi connectivity index (χ1v) is 13.0. The Morgan fingerprint density at radius 1 is 0.892 bits per heavy atom. The van der Waals surface area contributed by atoms with Gasteiger partial charge in [-0.2, -0.15) is 0 Å². The lowest BCUT2D eigenvalue weighted by atomic mass is 10.1. The Morgan fingerprint density at radius 2 is 1.49 bits per heavy atom. The molecule has 37 heavy (non-hydrogen) atoms. The van der Waals surface area contributed by atoms with E-state index in [0.29, 0.717) is 60.4 Å². The fraction of sp³-hybridized carbons (Fsp3) is 0.462. The lowest BCUT2D eigenvalue weighted by Gasteiger charge is -2.25. The number of fused-ring (bicyclic) bond motifs is 1. The molecule has 0 atom stereocenters. The zero-order valence-corrected chi connectivity index (χ0v) is 23.4. The van der Waals surface area contributed by atoms with Gasteiger partial charge in [0.1, 0.15) is 11.3 Å². The molecule has 0 spiro atoms. The summed E-state index contributed by atoms with van der Waals surface area (Å²) in [5.74, 6) is -0.575. The van der Waals surface area contributed by atoms with Crippen LogP contribution >= 0.6 is 23.7 Å². The number of amides is 1. The zero-order chi connectivity index (χ0) is 26.2. The van der Waals surface area contributed by atoms with E-state index in [2.05, 4.69) is 9.88 Å². The smallest absolute Gasteiger partial charge is 0.260 e. The highest BCUT2D eigenvalue weighted by molar-refractivity contribution is 7.22. The Labute approximate surface area is 226 Å². The highest BCUT2D eigenvalue weighted by atomic mass is 35.5. The molecule has 0 unspecified atom stereocenters. The van der Waals surface area contributed by atoms with Crippen molar-refractivity contribution in [3.63, 3.8) is 0 Å². The number of carbonyl (C=O) groups excluding carboxylic acids is 1. The van der Waals surface area contributed by atoms with Crippen LogP contribution in [0, 0.1) is 11.6 Å². The van der Waals surface area contributed by atoms with E-state index in [-0.39, 0.29) is 29.0 Å². The predicted octanol–water partition coefficient (Wildman–Crippen LogP) is 6.18. The molecule has 0 radical (unpaired) electrons. The highest BCUT2D eigenvalue weighted by Gasteiger charge is 2.26. The van der Waals surface area contributed by atoms with Crippen molar-refractivity contribution in [3.05, 3.63) is 41.5 Å².